The van der Waals surface area contributed by atoms with Gasteiger partial charge in [0, 0.05) is 35.0 Å². The molecule has 4 rings (SSSR count). The highest BCUT2D eigenvalue weighted by Gasteiger charge is 2.36. The average molecular weight is 396 g/mol. The minimum atomic E-state index is -0.866. The number of aromatic amines is 1. The van der Waals surface area contributed by atoms with Crippen molar-refractivity contribution >= 4 is 11.9 Å². The van der Waals surface area contributed by atoms with E-state index in [1.165, 1.54) is 11.3 Å². The Morgan fingerprint density at radius 2 is 2.07 bits per heavy atom. The van der Waals surface area contributed by atoms with Crippen LogP contribution < -0.4 is 0 Å². The second-order valence-corrected chi connectivity index (χ2v) is 9.73. The Hall–Kier alpha value is -2.63. The number of fused-ring (bicyclic) bond motifs is 2. The maximum absolute atomic E-state index is 13.0. The van der Waals surface area contributed by atoms with Crippen molar-refractivity contribution in [1.82, 2.24) is 15.1 Å². The number of aliphatic carboxylic acids is 1. The van der Waals surface area contributed by atoms with Crippen LogP contribution in [0.3, 0.4) is 0 Å². The number of carboxylic acid groups (broad SMARTS) is 1. The van der Waals surface area contributed by atoms with Crippen molar-refractivity contribution in [2.24, 2.45) is 11.3 Å². The lowest BCUT2D eigenvalue weighted by molar-refractivity contribution is -0.138. The van der Waals surface area contributed by atoms with Crippen molar-refractivity contribution in [3.63, 3.8) is 0 Å². The minimum absolute atomic E-state index is 0.0211. The van der Waals surface area contributed by atoms with E-state index in [-0.39, 0.29) is 23.8 Å². The predicted molar refractivity (Wildman–Crippen MR) is 111 cm³/mol. The number of hydrogen-bond donors (Lipinski definition) is 2. The first-order valence-electron chi connectivity index (χ1n) is 10.4. The van der Waals surface area contributed by atoms with Crippen LogP contribution in [0, 0.1) is 11.3 Å². The molecule has 1 aliphatic heterocycles. The molecule has 0 bridgehead atoms. The van der Waals surface area contributed by atoms with Crippen molar-refractivity contribution in [2.45, 2.75) is 66.0 Å². The number of benzene rings is 1. The molecule has 1 aromatic carbocycles. The van der Waals surface area contributed by atoms with E-state index in [0.717, 1.165) is 29.7 Å². The van der Waals surface area contributed by atoms with Gasteiger partial charge in [0.2, 0.25) is 0 Å². The molecule has 0 spiro atoms. The summed E-state index contributed by atoms with van der Waals surface area (Å²) in [6.07, 6.45) is 2.65. The normalized spacial score (nSPS) is 18.2. The highest BCUT2D eigenvalue weighted by molar-refractivity contribution is 5.99. The Morgan fingerprint density at radius 1 is 1.31 bits per heavy atom. The van der Waals surface area contributed by atoms with Crippen molar-refractivity contribution < 1.29 is 14.7 Å². The van der Waals surface area contributed by atoms with E-state index in [1.807, 2.05) is 12.1 Å². The van der Waals surface area contributed by atoms with Gasteiger partial charge in [-0.3, -0.25) is 14.7 Å². The highest BCUT2D eigenvalue weighted by atomic mass is 16.4. The second kappa shape index (κ2) is 7.01. The molecule has 154 valence electrons. The average Bonchev–Trinajstić information content (AvgIpc) is 3.23. The van der Waals surface area contributed by atoms with Gasteiger partial charge in [-0.15, -0.1) is 0 Å². The molecular weight excluding hydrogens is 366 g/mol. The number of aromatic nitrogens is 2. The molecule has 1 unspecified atom stereocenters. The fraction of sp³-hybridized carbons (Fsp3) is 0.522. The van der Waals surface area contributed by atoms with E-state index in [0.29, 0.717) is 24.4 Å². The third-order valence-corrected chi connectivity index (χ3v) is 6.07. The number of carbonyl (C=O) groups excluding carboxylic acids is 1. The predicted octanol–water partition coefficient (Wildman–Crippen LogP) is 4.05. The number of rotatable bonds is 6. The summed E-state index contributed by atoms with van der Waals surface area (Å²) in [6, 6.07) is 5.62. The van der Waals surface area contributed by atoms with Gasteiger partial charge in [0.05, 0.1) is 12.1 Å². The molecule has 2 aromatic rings. The van der Waals surface area contributed by atoms with Crippen LogP contribution in [0.1, 0.15) is 67.7 Å². The number of carbonyl (C=O) groups is 2. The van der Waals surface area contributed by atoms with E-state index in [2.05, 4.69) is 44.0 Å². The second-order valence-electron chi connectivity index (χ2n) is 9.73. The van der Waals surface area contributed by atoms with Gasteiger partial charge in [-0.1, -0.05) is 33.8 Å². The highest BCUT2D eigenvalue weighted by Crippen LogP contribution is 2.40. The van der Waals surface area contributed by atoms with Crippen molar-refractivity contribution in [1.29, 1.82) is 0 Å². The van der Waals surface area contributed by atoms with Crippen LogP contribution in [-0.2, 0) is 24.2 Å². The lowest BCUT2D eigenvalue weighted by atomic mass is 9.90. The number of carboxylic acids is 1. The van der Waals surface area contributed by atoms with Crippen LogP contribution in [0.15, 0.2) is 18.2 Å². The van der Waals surface area contributed by atoms with E-state index < -0.39 is 5.97 Å². The zero-order chi connectivity index (χ0) is 20.9. The summed E-state index contributed by atoms with van der Waals surface area (Å²) in [6.45, 7) is 9.10. The van der Waals surface area contributed by atoms with Gasteiger partial charge in [-0.05, 0) is 48.3 Å². The van der Waals surface area contributed by atoms with Crippen LogP contribution in [0.2, 0.25) is 0 Å². The molecule has 0 fully saturated rings. The molecule has 0 saturated heterocycles. The number of H-pyrrole nitrogens is 1. The van der Waals surface area contributed by atoms with Gasteiger partial charge >= 0.3 is 5.97 Å². The summed E-state index contributed by atoms with van der Waals surface area (Å²) in [5.41, 5.74) is 6.36. The first-order valence-corrected chi connectivity index (χ1v) is 10.4. The Balaban J connectivity index is 1.62. The zero-order valence-electron chi connectivity index (χ0n) is 17.6. The van der Waals surface area contributed by atoms with E-state index >= 15 is 0 Å². The molecule has 1 aromatic heterocycles. The number of nitrogens with one attached hydrogen (secondary N) is 1. The fourth-order valence-corrected chi connectivity index (χ4v) is 4.85. The lowest BCUT2D eigenvalue weighted by Gasteiger charge is -2.28. The molecule has 1 aliphatic carbocycles. The molecule has 1 amide bonds. The summed E-state index contributed by atoms with van der Waals surface area (Å²) >= 11 is 0. The molecule has 0 radical (unpaired) electrons. The van der Waals surface area contributed by atoms with Crippen LogP contribution in [0.4, 0.5) is 0 Å². The molecule has 0 saturated carbocycles. The maximum atomic E-state index is 13.0. The number of nitrogens with zero attached hydrogens (tertiary/aromatic N) is 2. The maximum Gasteiger partial charge on any atom is 0.305 e. The van der Waals surface area contributed by atoms with Crippen LogP contribution in [-0.4, -0.2) is 38.1 Å². The SMILES string of the molecule is CC(C)CC(CC(=O)O)N1Cc2cc(-c3n[nH]c4c3CC(C)(C)C4)ccc2C1=O. The first-order chi connectivity index (χ1) is 13.6. The van der Waals surface area contributed by atoms with Gasteiger partial charge in [0.1, 0.15) is 0 Å². The molecule has 6 nitrogen and oxygen atoms in total. The molecule has 2 aliphatic rings. The number of amides is 1. The van der Waals surface area contributed by atoms with E-state index in [9.17, 15) is 14.7 Å². The molecule has 2 N–H and O–H groups in total. The summed E-state index contributed by atoms with van der Waals surface area (Å²) in [5, 5.41) is 17.1. The Morgan fingerprint density at radius 3 is 2.76 bits per heavy atom. The summed E-state index contributed by atoms with van der Waals surface area (Å²) in [4.78, 5) is 26.1. The molecular formula is C23H29N3O3. The van der Waals surface area contributed by atoms with Gasteiger partial charge in [-0.25, -0.2) is 0 Å². The fourth-order valence-electron chi connectivity index (χ4n) is 4.85. The lowest BCUT2D eigenvalue weighted by Crippen LogP contribution is -2.38. The van der Waals surface area contributed by atoms with E-state index in [1.54, 1.807) is 4.90 Å². The molecule has 29 heavy (non-hydrogen) atoms. The molecule has 1 atom stereocenters. The van der Waals surface area contributed by atoms with Crippen LogP contribution in [0.25, 0.3) is 11.3 Å². The van der Waals surface area contributed by atoms with E-state index in [4.69, 9.17) is 0 Å². The third kappa shape index (κ3) is 3.68. The van der Waals surface area contributed by atoms with Gasteiger partial charge in [-0.2, -0.15) is 5.10 Å². The Kier molecular flexibility index (Phi) is 4.75. The molecule has 2 heterocycles. The largest absolute Gasteiger partial charge is 0.481 e. The molecule has 6 heteroatoms. The standard InChI is InChI=1S/C23H29N3O3/c1-13(2)7-16(9-20(27)28)26-12-15-8-14(5-6-17(15)22(26)29)21-18-10-23(3,4)11-19(18)24-25-21/h5-6,8,13,16H,7,9-12H2,1-4H3,(H,24,25)(H,27,28). The quantitative estimate of drug-likeness (QED) is 0.773. The number of hydrogen-bond acceptors (Lipinski definition) is 3. The minimum Gasteiger partial charge on any atom is -0.481 e. The third-order valence-electron chi connectivity index (χ3n) is 6.07. The zero-order valence-corrected chi connectivity index (χ0v) is 17.6. The van der Waals surface area contributed by atoms with Crippen LogP contribution in [0.5, 0.6) is 0 Å². The van der Waals surface area contributed by atoms with Gasteiger partial charge in [0.15, 0.2) is 0 Å². The van der Waals surface area contributed by atoms with Gasteiger partial charge < -0.3 is 10.0 Å². The van der Waals surface area contributed by atoms with Crippen molar-refractivity contribution in [2.75, 3.05) is 0 Å². The topological polar surface area (TPSA) is 86.3 Å². The Bertz CT molecular complexity index is 974. The summed E-state index contributed by atoms with van der Waals surface area (Å²) in [5.74, 6) is -0.608. The van der Waals surface area contributed by atoms with Crippen molar-refractivity contribution in [3.8, 4) is 11.3 Å². The van der Waals surface area contributed by atoms with Crippen LogP contribution >= 0.6 is 0 Å². The summed E-state index contributed by atoms with van der Waals surface area (Å²) < 4.78 is 0. The smallest absolute Gasteiger partial charge is 0.305 e. The van der Waals surface area contributed by atoms with Gasteiger partial charge in [0.25, 0.3) is 5.91 Å². The van der Waals surface area contributed by atoms with Crippen molar-refractivity contribution in [3.05, 3.63) is 40.6 Å². The Labute approximate surface area is 171 Å². The monoisotopic (exact) mass is 395 g/mol. The first kappa shape index (κ1) is 19.7. The summed E-state index contributed by atoms with van der Waals surface area (Å²) in [7, 11) is 0.